The summed E-state index contributed by atoms with van der Waals surface area (Å²) >= 11 is 7.17. The third kappa shape index (κ3) is 4.25. The third-order valence-corrected chi connectivity index (χ3v) is 3.96. The van der Waals surface area contributed by atoms with Crippen molar-refractivity contribution in [1.29, 1.82) is 0 Å². The van der Waals surface area contributed by atoms with E-state index < -0.39 is 0 Å². The Labute approximate surface area is 143 Å². The second-order valence-electron chi connectivity index (χ2n) is 4.74. The van der Waals surface area contributed by atoms with E-state index in [1.165, 1.54) is 0 Å². The quantitative estimate of drug-likeness (QED) is 0.622. The first-order valence-electron chi connectivity index (χ1n) is 6.37. The minimum Gasteiger partial charge on any atom is -0.389 e. The highest BCUT2D eigenvalue weighted by molar-refractivity contribution is 14.1. The van der Waals surface area contributed by atoms with E-state index >= 15 is 0 Å². The van der Waals surface area contributed by atoms with Crippen molar-refractivity contribution in [1.82, 2.24) is 4.90 Å². The van der Waals surface area contributed by atoms with E-state index in [1.54, 1.807) is 11.9 Å². The Hall–Kier alpha value is -1.47. The van der Waals surface area contributed by atoms with E-state index in [2.05, 4.69) is 22.6 Å². The molecule has 0 atom stereocenters. The fraction of sp³-hybridized carbons (Fsp3) is 0.125. The fourth-order valence-corrected chi connectivity index (χ4v) is 2.68. The van der Waals surface area contributed by atoms with Gasteiger partial charge < -0.3 is 10.6 Å². The minimum absolute atomic E-state index is 0.00533. The van der Waals surface area contributed by atoms with Crippen molar-refractivity contribution in [2.75, 3.05) is 7.05 Å². The maximum Gasteiger partial charge on any atom is 0.253 e. The molecule has 5 heteroatoms. The number of carbonyl (C=O) groups is 1. The van der Waals surface area contributed by atoms with E-state index in [0.717, 1.165) is 14.7 Å². The highest BCUT2D eigenvalue weighted by Crippen LogP contribution is 2.13. The molecule has 3 nitrogen and oxygen atoms in total. The van der Waals surface area contributed by atoms with E-state index in [-0.39, 0.29) is 5.91 Å². The molecule has 0 aromatic heterocycles. The second kappa shape index (κ2) is 7.00. The number of nitrogens with zero attached hydrogens (tertiary/aromatic N) is 1. The number of carbonyl (C=O) groups excluding carboxylic acids is 1. The van der Waals surface area contributed by atoms with Crippen LogP contribution in [0.5, 0.6) is 0 Å². The van der Waals surface area contributed by atoms with Crippen molar-refractivity contribution >= 4 is 45.7 Å². The maximum atomic E-state index is 12.4. The van der Waals surface area contributed by atoms with Crippen LogP contribution in [0.3, 0.4) is 0 Å². The third-order valence-electron chi connectivity index (χ3n) is 3.05. The largest absolute Gasteiger partial charge is 0.389 e. The predicted octanol–water partition coefficient (Wildman–Crippen LogP) is 3.20. The molecule has 2 aromatic rings. The molecule has 0 aliphatic heterocycles. The molecule has 1 amide bonds. The van der Waals surface area contributed by atoms with Gasteiger partial charge in [0.05, 0.1) is 0 Å². The normalized spacial score (nSPS) is 10.2. The van der Waals surface area contributed by atoms with Crippen LogP contribution in [0.15, 0.2) is 48.5 Å². The van der Waals surface area contributed by atoms with Crippen LogP contribution in [0.25, 0.3) is 0 Å². The van der Waals surface area contributed by atoms with Gasteiger partial charge in [0.2, 0.25) is 0 Å². The molecule has 2 N–H and O–H groups in total. The summed E-state index contributed by atoms with van der Waals surface area (Å²) in [6, 6.07) is 15.2. The van der Waals surface area contributed by atoms with Crippen LogP contribution in [0, 0.1) is 3.57 Å². The lowest BCUT2D eigenvalue weighted by Gasteiger charge is -2.18. The molecule has 21 heavy (non-hydrogen) atoms. The van der Waals surface area contributed by atoms with E-state index in [9.17, 15) is 4.79 Å². The number of hydrogen-bond acceptors (Lipinski definition) is 2. The van der Waals surface area contributed by atoms with Crippen LogP contribution in [0.1, 0.15) is 21.5 Å². The van der Waals surface area contributed by atoms with Crippen LogP contribution < -0.4 is 5.73 Å². The molecule has 2 rings (SSSR count). The zero-order chi connectivity index (χ0) is 15.4. The van der Waals surface area contributed by atoms with Gasteiger partial charge in [0.25, 0.3) is 5.91 Å². The Kier molecular flexibility index (Phi) is 5.30. The molecular formula is C16H15IN2OS. The van der Waals surface area contributed by atoms with Crippen molar-refractivity contribution in [2.24, 2.45) is 5.73 Å². The lowest BCUT2D eigenvalue weighted by atomic mass is 10.1. The first-order valence-corrected chi connectivity index (χ1v) is 7.86. The Morgan fingerprint density at radius 2 is 1.86 bits per heavy atom. The lowest BCUT2D eigenvalue weighted by Crippen LogP contribution is -2.26. The number of halogens is 1. The Bertz CT molecular complexity index is 687. The summed E-state index contributed by atoms with van der Waals surface area (Å²) in [4.78, 5) is 14.4. The van der Waals surface area contributed by atoms with E-state index in [0.29, 0.717) is 17.1 Å². The molecule has 0 unspecified atom stereocenters. The zero-order valence-corrected chi connectivity index (χ0v) is 14.5. The van der Waals surface area contributed by atoms with Gasteiger partial charge in [-0.1, -0.05) is 36.5 Å². The average molecular weight is 410 g/mol. The summed E-state index contributed by atoms with van der Waals surface area (Å²) in [5, 5.41) is 0. The number of hydrogen-bond donors (Lipinski definition) is 1. The van der Waals surface area contributed by atoms with Gasteiger partial charge >= 0.3 is 0 Å². The molecule has 0 aliphatic carbocycles. The van der Waals surface area contributed by atoms with Crippen molar-refractivity contribution in [3.05, 3.63) is 68.8 Å². The molecule has 0 saturated carbocycles. The van der Waals surface area contributed by atoms with Gasteiger partial charge in [0, 0.05) is 28.3 Å². The number of amides is 1. The van der Waals surface area contributed by atoms with Gasteiger partial charge in [-0.15, -0.1) is 0 Å². The van der Waals surface area contributed by atoms with Crippen LogP contribution in [0.2, 0.25) is 0 Å². The van der Waals surface area contributed by atoms with Gasteiger partial charge in [0.1, 0.15) is 4.99 Å². The molecule has 0 spiro atoms. The van der Waals surface area contributed by atoms with Gasteiger partial charge in [-0.3, -0.25) is 4.79 Å². The zero-order valence-electron chi connectivity index (χ0n) is 11.5. The minimum atomic E-state index is -0.00533. The topological polar surface area (TPSA) is 46.3 Å². The molecule has 0 bridgehead atoms. The Morgan fingerprint density at radius 1 is 1.19 bits per heavy atom. The van der Waals surface area contributed by atoms with Gasteiger partial charge in [-0.05, 0) is 52.4 Å². The van der Waals surface area contributed by atoms with Crippen LogP contribution in [-0.4, -0.2) is 22.8 Å². The average Bonchev–Trinajstić information content (AvgIpc) is 2.46. The summed E-state index contributed by atoms with van der Waals surface area (Å²) in [6.45, 7) is 0.515. The van der Waals surface area contributed by atoms with Crippen LogP contribution in [-0.2, 0) is 6.54 Å². The van der Waals surface area contributed by atoms with Crippen molar-refractivity contribution in [2.45, 2.75) is 6.54 Å². The first kappa shape index (κ1) is 15.9. The van der Waals surface area contributed by atoms with Crippen LogP contribution in [0.4, 0.5) is 0 Å². The first-order chi connectivity index (χ1) is 9.97. The number of rotatable bonds is 4. The van der Waals surface area contributed by atoms with Crippen molar-refractivity contribution in [3.63, 3.8) is 0 Å². The SMILES string of the molecule is CN(Cc1cccc(C(N)=S)c1)C(=O)c1cccc(I)c1. The Morgan fingerprint density at radius 3 is 2.52 bits per heavy atom. The van der Waals surface area contributed by atoms with E-state index in [4.69, 9.17) is 18.0 Å². The molecule has 0 saturated heterocycles. The number of benzene rings is 2. The smallest absolute Gasteiger partial charge is 0.253 e. The lowest BCUT2D eigenvalue weighted by molar-refractivity contribution is 0.0785. The van der Waals surface area contributed by atoms with Crippen LogP contribution >= 0.6 is 34.8 Å². The Balaban J connectivity index is 2.14. The molecular weight excluding hydrogens is 395 g/mol. The monoisotopic (exact) mass is 410 g/mol. The molecule has 0 radical (unpaired) electrons. The summed E-state index contributed by atoms with van der Waals surface area (Å²) in [6.07, 6.45) is 0. The van der Waals surface area contributed by atoms with Crippen molar-refractivity contribution in [3.8, 4) is 0 Å². The fourth-order valence-electron chi connectivity index (χ4n) is 2.01. The summed E-state index contributed by atoms with van der Waals surface area (Å²) in [5.74, 6) is -0.00533. The highest BCUT2D eigenvalue weighted by Gasteiger charge is 2.12. The highest BCUT2D eigenvalue weighted by atomic mass is 127. The molecule has 0 heterocycles. The standard InChI is InChI=1S/C16H15IN2OS/c1-19(16(20)13-6-3-7-14(17)9-13)10-11-4-2-5-12(8-11)15(18)21/h2-9H,10H2,1H3,(H2,18,21). The number of thiocarbonyl (C=S) groups is 1. The summed E-state index contributed by atoms with van der Waals surface area (Å²) in [7, 11) is 1.79. The van der Waals surface area contributed by atoms with Gasteiger partial charge in [0.15, 0.2) is 0 Å². The van der Waals surface area contributed by atoms with Gasteiger partial charge in [-0.2, -0.15) is 0 Å². The summed E-state index contributed by atoms with van der Waals surface area (Å²) in [5.41, 5.74) is 8.14. The van der Waals surface area contributed by atoms with Gasteiger partial charge in [-0.25, -0.2) is 0 Å². The number of nitrogens with two attached hydrogens (primary N) is 1. The molecule has 0 aliphatic rings. The maximum absolute atomic E-state index is 12.4. The van der Waals surface area contributed by atoms with Crippen molar-refractivity contribution < 1.29 is 4.79 Å². The second-order valence-corrected chi connectivity index (χ2v) is 6.42. The van der Waals surface area contributed by atoms with E-state index in [1.807, 2.05) is 48.5 Å². The summed E-state index contributed by atoms with van der Waals surface area (Å²) < 4.78 is 1.04. The predicted molar refractivity (Wildman–Crippen MR) is 97.3 cm³/mol. The molecule has 2 aromatic carbocycles. The molecule has 0 fully saturated rings. The molecule has 108 valence electrons.